The van der Waals surface area contributed by atoms with Crippen LogP contribution in [0, 0.1) is 12.8 Å². The highest BCUT2D eigenvalue weighted by Crippen LogP contribution is 2.20. The van der Waals surface area contributed by atoms with Crippen molar-refractivity contribution in [1.82, 2.24) is 0 Å². The van der Waals surface area contributed by atoms with Crippen molar-refractivity contribution in [2.24, 2.45) is 5.92 Å². The van der Waals surface area contributed by atoms with Crippen LogP contribution >= 0.6 is 0 Å². The van der Waals surface area contributed by atoms with Gasteiger partial charge in [0.05, 0.1) is 0 Å². The number of aliphatic carboxylic acids is 1. The molecule has 0 heterocycles. The summed E-state index contributed by atoms with van der Waals surface area (Å²) in [5.74, 6) is 0.311. The summed E-state index contributed by atoms with van der Waals surface area (Å²) >= 11 is 0. The lowest BCUT2D eigenvalue weighted by Gasteiger charge is -2.10. The van der Waals surface area contributed by atoms with Gasteiger partial charge in [0.2, 0.25) is 0 Å². The molecule has 0 fully saturated rings. The average Bonchev–Trinajstić information content (AvgIpc) is 2.15. The second-order valence-corrected chi connectivity index (χ2v) is 4.38. The van der Waals surface area contributed by atoms with Crippen molar-refractivity contribution in [1.29, 1.82) is 0 Å². The van der Waals surface area contributed by atoms with Gasteiger partial charge in [-0.3, -0.25) is 0 Å². The molecule has 0 radical (unpaired) electrons. The van der Waals surface area contributed by atoms with Crippen LogP contribution in [0.5, 0.6) is 5.75 Å². The quantitative estimate of drug-likeness (QED) is 0.833. The van der Waals surface area contributed by atoms with Crippen molar-refractivity contribution in [2.45, 2.75) is 27.2 Å². The van der Waals surface area contributed by atoms with Crippen LogP contribution in [0.4, 0.5) is 0 Å². The van der Waals surface area contributed by atoms with Crippen molar-refractivity contribution in [3.05, 3.63) is 29.3 Å². The Labute approximate surface area is 96.1 Å². The third-order valence-corrected chi connectivity index (χ3v) is 2.23. The maximum absolute atomic E-state index is 10.4. The number of rotatable bonds is 5. The highest BCUT2D eigenvalue weighted by molar-refractivity contribution is 5.68. The average molecular weight is 222 g/mol. The van der Waals surface area contributed by atoms with Gasteiger partial charge in [-0.2, -0.15) is 0 Å². The zero-order valence-corrected chi connectivity index (χ0v) is 9.99. The highest BCUT2D eigenvalue weighted by Gasteiger charge is 2.05. The predicted octanol–water partition coefficient (Wildman–Crippen LogP) is 2.66. The lowest BCUT2D eigenvalue weighted by molar-refractivity contribution is -0.139. The molecule has 0 spiro atoms. The molecule has 0 amide bonds. The monoisotopic (exact) mass is 222 g/mol. The number of hydrogen-bond acceptors (Lipinski definition) is 2. The molecular weight excluding hydrogens is 204 g/mol. The van der Waals surface area contributed by atoms with Gasteiger partial charge in [0.1, 0.15) is 5.75 Å². The summed E-state index contributed by atoms with van der Waals surface area (Å²) in [6.07, 6.45) is 1.03. The van der Waals surface area contributed by atoms with E-state index in [9.17, 15) is 4.79 Å². The molecule has 0 bridgehead atoms. The molecule has 0 aliphatic carbocycles. The van der Waals surface area contributed by atoms with Crippen molar-refractivity contribution in [3.8, 4) is 5.75 Å². The van der Waals surface area contributed by atoms with Crippen LogP contribution in [0.3, 0.4) is 0 Å². The Bertz CT molecular complexity index is 369. The van der Waals surface area contributed by atoms with Crippen molar-refractivity contribution >= 4 is 5.97 Å². The number of benzene rings is 1. The maximum atomic E-state index is 10.4. The Morgan fingerprint density at radius 3 is 2.62 bits per heavy atom. The molecule has 0 atom stereocenters. The van der Waals surface area contributed by atoms with Crippen LogP contribution in [-0.2, 0) is 11.2 Å². The van der Waals surface area contributed by atoms with Crippen molar-refractivity contribution in [2.75, 3.05) is 6.61 Å². The fraction of sp³-hybridized carbons (Fsp3) is 0.462. The first-order chi connectivity index (χ1) is 7.49. The molecule has 0 aliphatic heterocycles. The third-order valence-electron chi connectivity index (χ3n) is 2.23. The summed E-state index contributed by atoms with van der Waals surface area (Å²) in [6, 6.07) is 5.89. The van der Waals surface area contributed by atoms with Gasteiger partial charge in [-0.1, -0.05) is 26.0 Å². The van der Waals surface area contributed by atoms with E-state index in [1.807, 2.05) is 19.1 Å². The fourth-order valence-electron chi connectivity index (χ4n) is 1.61. The van der Waals surface area contributed by atoms with Gasteiger partial charge in [0.25, 0.3) is 0 Å². The molecule has 3 nitrogen and oxygen atoms in total. The number of aryl methyl sites for hydroxylation is 1. The molecule has 1 N–H and O–H groups in total. The van der Waals surface area contributed by atoms with Crippen LogP contribution in [-0.4, -0.2) is 17.7 Å². The van der Waals surface area contributed by atoms with Gasteiger partial charge >= 0.3 is 5.97 Å². The highest BCUT2D eigenvalue weighted by atomic mass is 16.5. The normalized spacial score (nSPS) is 10.5. The summed E-state index contributed by atoms with van der Waals surface area (Å²) in [7, 11) is 0. The van der Waals surface area contributed by atoms with Crippen LogP contribution in [0.2, 0.25) is 0 Å². The summed E-state index contributed by atoms with van der Waals surface area (Å²) in [4.78, 5) is 10.4. The molecule has 1 rings (SSSR count). The van der Waals surface area contributed by atoms with E-state index in [0.29, 0.717) is 11.7 Å². The van der Waals surface area contributed by atoms with E-state index in [2.05, 4.69) is 19.9 Å². The topological polar surface area (TPSA) is 46.5 Å². The molecule has 0 aromatic heterocycles. The fourth-order valence-corrected chi connectivity index (χ4v) is 1.61. The van der Waals surface area contributed by atoms with Gasteiger partial charge in [-0.15, -0.1) is 0 Å². The minimum absolute atomic E-state index is 0.287. The molecule has 0 aliphatic rings. The van der Waals surface area contributed by atoms with Gasteiger partial charge in [0, 0.05) is 0 Å². The molecule has 3 heteroatoms. The number of carbonyl (C=O) groups is 1. The summed E-state index contributed by atoms with van der Waals surface area (Å²) in [5.41, 5.74) is 2.24. The summed E-state index contributed by atoms with van der Waals surface area (Å²) in [5, 5.41) is 8.51. The third kappa shape index (κ3) is 3.93. The van der Waals surface area contributed by atoms with Crippen molar-refractivity contribution in [3.63, 3.8) is 0 Å². The minimum atomic E-state index is -0.953. The number of ether oxygens (including phenoxy) is 1. The van der Waals surface area contributed by atoms with Crippen LogP contribution in [0.15, 0.2) is 18.2 Å². The molecule has 0 saturated carbocycles. The van der Waals surface area contributed by atoms with E-state index in [1.165, 1.54) is 5.56 Å². The van der Waals surface area contributed by atoms with Crippen LogP contribution in [0.25, 0.3) is 0 Å². The van der Waals surface area contributed by atoms with Gasteiger partial charge in [-0.05, 0) is 36.5 Å². The summed E-state index contributed by atoms with van der Waals surface area (Å²) < 4.78 is 5.16. The molecule has 0 unspecified atom stereocenters. The van der Waals surface area contributed by atoms with Gasteiger partial charge < -0.3 is 9.84 Å². The van der Waals surface area contributed by atoms with Gasteiger partial charge in [-0.25, -0.2) is 4.79 Å². The predicted molar refractivity (Wildman–Crippen MR) is 62.9 cm³/mol. The minimum Gasteiger partial charge on any atom is -0.482 e. The SMILES string of the molecule is Cc1cc(CC(C)C)ccc1OCC(=O)O. The molecule has 0 saturated heterocycles. The lowest BCUT2D eigenvalue weighted by Crippen LogP contribution is -2.10. The first-order valence-electron chi connectivity index (χ1n) is 5.43. The van der Waals surface area contributed by atoms with Gasteiger partial charge in [0.15, 0.2) is 6.61 Å². The Morgan fingerprint density at radius 1 is 1.44 bits per heavy atom. The van der Waals surface area contributed by atoms with E-state index < -0.39 is 5.97 Å². The molecular formula is C13H18O3. The number of carboxylic acids is 1. The van der Waals surface area contributed by atoms with E-state index in [0.717, 1.165) is 12.0 Å². The Morgan fingerprint density at radius 2 is 2.12 bits per heavy atom. The number of hydrogen-bond donors (Lipinski definition) is 1. The Kier molecular flexibility index (Phi) is 4.35. The van der Waals surface area contributed by atoms with Crippen LogP contribution in [0.1, 0.15) is 25.0 Å². The Balaban J connectivity index is 2.71. The van der Waals surface area contributed by atoms with Crippen LogP contribution < -0.4 is 4.74 Å². The van der Waals surface area contributed by atoms with Crippen molar-refractivity contribution < 1.29 is 14.6 Å². The summed E-state index contributed by atoms with van der Waals surface area (Å²) in [6.45, 7) is 5.99. The lowest BCUT2D eigenvalue weighted by atomic mass is 10.0. The first-order valence-corrected chi connectivity index (χ1v) is 5.43. The number of carboxylic acid groups (broad SMARTS) is 1. The van der Waals surface area contributed by atoms with E-state index in [4.69, 9.17) is 9.84 Å². The Hall–Kier alpha value is -1.51. The van der Waals surface area contributed by atoms with E-state index in [1.54, 1.807) is 0 Å². The molecule has 16 heavy (non-hydrogen) atoms. The van der Waals surface area contributed by atoms with E-state index >= 15 is 0 Å². The molecule has 88 valence electrons. The first kappa shape index (κ1) is 12.6. The second kappa shape index (κ2) is 5.54. The maximum Gasteiger partial charge on any atom is 0.341 e. The molecule has 1 aromatic rings. The smallest absolute Gasteiger partial charge is 0.341 e. The zero-order valence-electron chi connectivity index (χ0n) is 9.99. The second-order valence-electron chi connectivity index (χ2n) is 4.38. The molecule has 1 aromatic carbocycles. The van der Waals surface area contributed by atoms with E-state index in [-0.39, 0.29) is 6.61 Å². The zero-order chi connectivity index (χ0) is 12.1. The largest absolute Gasteiger partial charge is 0.482 e. The standard InChI is InChI=1S/C13H18O3/c1-9(2)6-11-4-5-12(10(3)7-11)16-8-13(14)15/h4-5,7,9H,6,8H2,1-3H3,(H,14,15).